The third kappa shape index (κ3) is 1.84. The van der Waals surface area contributed by atoms with E-state index in [0.717, 1.165) is 19.3 Å². The van der Waals surface area contributed by atoms with Crippen LogP contribution in [0.3, 0.4) is 0 Å². The average Bonchev–Trinajstić information content (AvgIpc) is 2.82. The third-order valence-corrected chi connectivity index (χ3v) is 7.95. The van der Waals surface area contributed by atoms with Gasteiger partial charge in [-0.3, -0.25) is 9.59 Å². The van der Waals surface area contributed by atoms with E-state index < -0.39 is 6.10 Å². The number of carbonyl (C=O) groups is 2. The number of Topliss-reactive ketones (excluding diaryl/α,β-unsaturated/α-hetero) is 2. The fourth-order valence-corrected chi connectivity index (χ4v) is 6.93. The summed E-state index contributed by atoms with van der Waals surface area (Å²) in [6, 6.07) is 0. The Morgan fingerprint density at radius 2 is 1.91 bits per heavy atom. The molecule has 4 aliphatic rings. The zero-order chi connectivity index (χ0) is 15.7. The molecular formula is C19H28O3. The Balaban J connectivity index is 1.74. The molecule has 0 aromatic rings. The summed E-state index contributed by atoms with van der Waals surface area (Å²) < 4.78 is 0. The van der Waals surface area contributed by atoms with E-state index in [1.165, 1.54) is 19.3 Å². The first-order valence-corrected chi connectivity index (χ1v) is 9.08. The lowest BCUT2D eigenvalue weighted by Gasteiger charge is -2.59. The highest BCUT2D eigenvalue weighted by atomic mass is 16.3. The molecule has 122 valence electrons. The van der Waals surface area contributed by atoms with Gasteiger partial charge in [0.15, 0.2) is 0 Å². The van der Waals surface area contributed by atoms with Crippen LogP contribution in [0.4, 0.5) is 0 Å². The quantitative estimate of drug-likeness (QED) is 0.748. The molecule has 0 saturated heterocycles. The SMILES string of the molecule is CC12CCCC1C1C[C@H](O)[C@H]3CC(=O)CCC3(C)C1C(=O)C2. The van der Waals surface area contributed by atoms with Gasteiger partial charge in [-0.1, -0.05) is 20.3 Å². The molecule has 0 aromatic carbocycles. The summed E-state index contributed by atoms with van der Waals surface area (Å²) >= 11 is 0. The molecule has 3 heteroatoms. The maximum atomic E-state index is 13.1. The molecule has 0 heterocycles. The lowest BCUT2D eigenvalue weighted by Crippen LogP contribution is -2.60. The van der Waals surface area contributed by atoms with Crippen molar-refractivity contribution in [3.8, 4) is 0 Å². The van der Waals surface area contributed by atoms with Crippen molar-refractivity contribution < 1.29 is 14.7 Å². The van der Waals surface area contributed by atoms with Gasteiger partial charge in [0.1, 0.15) is 11.6 Å². The zero-order valence-corrected chi connectivity index (χ0v) is 13.8. The van der Waals surface area contributed by atoms with Gasteiger partial charge in [-0.15, -0.1) is 0 Å². The van der Waals surface area contributed by atoms with Crippen molar-refractivity contribution in [1.29, 1.82) is 0 Å². The van der Waals surface area contributed by atoms with Crippen LogP contribution in [0.1, 0.15) is 65.2 Å². The molecular weight excluding hydrogens is 276 g/mol. The number of rotatable bonds is 0. The molecule has 0 spiro atoms. The summed E-state index contributed by atoms with van der Waals surface area (Å²) in [5, 5.41) is 10.8. The Morgan fingerprint density at radius 3 is 2.68 bits per heavy atom. The lowest BCUT2D eigenvalue weighted by molar-refractivity contribution is -0.173. The smallest absolute Gasteiger partial charge is 0.137 e. The van der Waals surface area contributed by atoms with Gasteiger partial charge >= 0.3 is 0 Å². The van der Waals surface area contributed by atoms with Crippen LogP contribution in [0.5, 0.6) is 0 Å². The minimum Gasteiger partial charge on any atom is -0.393 e. The standard InChI is InChI=1S/C19H28O3/c1-18-6-3-4-13(18)12-9-15(21)14-8-11(20)5-7-19(14,2)17(12)16(22)10-18/h12-15,17,21H,3-10H2,1-2H3/t12?,13?,14-,15+,17?,18?,19?/m1/s1. The van der Waals surface area contributed by atoms with Crippen LogP contribution >= 0.6 is 0 Å². The van der Waals surface area contributed by atoms with E-state index in [-0.39, 0.29) is 28.4 Å². The van der Waals surface area contributed by atoms with E-state index in [1.54, 1.807) is 0 Å². The summed E-state index contributed by atoms with van der Waals surface area (Å²) in [7, 11) is 0. The van der Waals surface area contributed by atoms with E-state index in [2.05, 4.69) is 13.8 Å². The Hall–Kier alpha value is -0.700. The molecule has 4 aliphatic carbocycles. The Bertz CT molecular complexity index is 527. The van der Waals surface area contributed by atoms with Crippen LogP contribution < -0.4 is 0 Å². The summed E-state index contributed by atoms with van der Waals surface area (Å²) in [6.45, 7) is 4.49. The van der Waals surface area contributed by atoms with Crippen molar-refractivity contribution in [3.63, 3.8) is 0 Å². The Morgan fingerprint density at radius 1 is 1.14 bits per heavy atom. The molecule has 1 N–H and O–H groups in total. The highest BCUT2D eigenvalue weighted by molar-refractivity contribution is 5.85. The summed E-state index contributed by atoms with van der Waals surface area (Å²) in [5.41, 5.74) is 0.0168. The monoisotopic (exact) mass is 304 g/mol. The first kappa shape index (κ1) is 14.9. The number of hydrogen-bond donors (Lipinski definition) is 1. The minimum absolute atomic E-state index is 0.00436. The first-order chi connectivity index (χ1) is 10.3. The van der Waals surface area contributed by atoms with E-state index in [0.29, 0.717) is 30.5 Å². The van der Waals surface area contributed by atoms with Crippen molar-refractivity contribution in [1.82, 2.24) is 0 Å². The predicted molar refractivity (Wildman–Crippen MR) is 83.1 cm³/mol. The maximum absolute atomic E-state index is 13.1. The highest BCUT2D eigenvalue weighted by Crippen LogP contribution is 2.64. The van der Waals surface area contributed by atoms with E-state index in [1.807, 2.05) is 0 Å². The molecule has 7 atom stereocenters. The van der Waals surface area contributed by atoms with Crippen LogP contribution in [0.15, 0.2) is 0 Å². The van der Waals surface area contributed by atoms with Crippen LogP contribution in [0, 0.1) is 34.5 Å². The molecule has 3 nitrogen and oxygen atoms in total. The second kappa shape index (κ2) is 4.66. The number of carbonyl (C=O) groups excluding carboxylic acids is 2. The van der Waals surface area contributed by atoms with Gasteiger partial charge in [0, 0.05) is 25.2 Å². The Kier molecular flexibility index (Phi) is 3.15. The molecule has 5 unspecified atom stereocenters. The van der Waals surface area contributed by atoms with E-state index in [4.69, 9.17) is 0 Å². The van der Waals surface area contributed by atoms with Gasteiger partial charge in [0.05, 0.1) is 6.10 Å². The number of aliphatic hydroxyl groups is 1. The molecule has 4 saturated carbocycles. The topological polar surface area (TPSA) is 54.4 Å². The van der Waals surface area contributed by atoms with Crippen molar-refractivity contribution in [2.45, 2.75) is 71.3 Å². The van der Waals surface area contributed by atoms with Crippen LogP contribution in [-0.4, -0.2) is 22.8 Å². The zero-order valence-electron chi connectivity index (χ0n) is 13.8. The summed E-state index contributed by atoms with van der Waals surface area (Å²) in [6.07, 6.45) is 6.56. The fraction of sp³-hybridized carbons (Fsp3) is 0.895. The van der Waals surface area contributed by atoms with Crippen LogP contribution in [0.2, 0.25) is 0 Å². The van der Waals surface area contributed by atoms with E-state index >= 15 is 0 Å². The molecule has 0 amide bonds. The average molecular weight is 304 g/mol. The third-order valence-electron chi connectivity index (χ3n) is 7.95. The van der Waals surface area contributed by atoms with Gasteiger partial charge in [0.2, 0.25) is 0 Å². The largest absolute Gasteiger partial charge is 0.393 e. The second-order valence-electron chi connectivity index (χ2n) is 9.10. The molecule has 0 aromatic heterocycles. The summed E-state index contributed by atoms with van der Waals surface area (Å²) in [4.78, 5) is 24.9. The number of fused-ring (bicyclic) bond motifs is 5. The van der Waals surface area contributed by atoms with Crippen molar-refractivity contribution in [2.24, 2.45) is 34.5 Å². The molecule has 0 radical (unpaired) electrons. The van der Waals surface area contributed by atoms with Gasteiger partial charge in [-0.2, -0.15) is 0 Å². The minimum atomic E-state index is -0.397. The normalized spacial score (nSPS) is 54.6. The summed E-state index contributed by atoms with van der Waals surface area (Å²) in [5.74, 6) is 1.74. The van der Waals surface area contributed by atoms with Crippen LogP contribution in [-0.2, 0) is 9.59 Å². The maximum Gasteiger partial charge on any atom is 0.137 e. The molecule has 22 heavy (non-hydrogen) atoms. The van der Waals surface area contributed by atoms with Gasteiger partial charge in [0.25, 0.3) is 0 Å². The fourth-order valence-electron chi connectivity index (χ4n) is 6.93. The van der Waals surface area contributed by atoms with Crippen LogP contribution in [0.25, 0.3) is 0 Å². The molecule has 4 fully saturated rings. The number of hydrogen-bond acceptors (Lipinski definition) is 3. The molecule has 0 aliphatic heterocycles. The van der Waals surface area contributed by atoms with Gasteiger partial charge < -0.3 is 5.11 Å². The number of aliphatic hydroxyl groups excluding tert-OH is 1. The molecule has 4 rings (SSSR count). The molecule has 0 bridgehead atoms. The lowest BCUT2D eigenvalue weighted by atomic mass is 9.44. The Labute approximate surface area is 132 Å². The van der Waals surface area contributed by atoms with Gasteiger partial charge in [-0.25, -0.2) is 0 Å². The van der Waals surface area contributed by atoms with Crippen molar-refractivity contribution in [3.05, 3.63) is 0 Å². The van der Waals surface area contributed by atoms with Crippen molar-refractivity contribution in [2.75, 3.05) is 0 Å². The van der Waals surface area contributed by atoms with E-state index in [9.17, 15) is 14.7 Å². The highest BCUT2D eigenvalue weighted by Gasteiger charge is 2.63. The first-order valence-electron chi connectivity index (χ1n) is 9.08. The number of ketones is 2. The second-order valence-corrected chi connectivity index (χ2v) is 9.10. The predicted octanol–water partition coefficient (Wildman–Crippen LogP) is 3.14. The van der Waals surface area contributed by atoms with Crippen molar-refractivity contribution >= 4 is 11.6 Å². The van der Waals surface area contributed by atoms with Gasteiger partial charge in [-0.05, 0) is 54.3 Å².